The largest absolute Gasteiger partial charge is 0.456 e. The van der Waals surface area contributed by atoms with Gasteiger partial charge in [0.2, 0.25) is 0 Å². The molecule has 0 amide bonds. The molecule has 274 valence electrons. The number of nitrogens with zero attached hydrogens (tertiary/aromatic N) is 1. The van der Waals surface area contributed by atoms with E-state index in [0.717, 1.165) is 39.0 Å². The summed E-state index contributed by atoms with van der Waals surface area (Å²) in [6.45, 7) is 0. The first-order chi connectivity index (χ1) is 28.8. The molecule has 0 radical (unpaired) electrons. The van der Waals surface area contributed by atoms with Crippen LogP contribution in [0.4, 0.5) is 17.1 Å². The minimum atomic E-state index is -2.75. The van der Waals surface area contributed by atoms with Crippen LogP contribution in [0.15, 0.2) is 241 Å². The normalized spacial score (nSPS) is 13.3. The molecule has 0 fully saturated rings. The molecule has 0 spiro atoms. The van der Waals surface area contributed by atoms with Crippen molar-refractivity contribution in [3.63, 3.8) is 0 Å². The van der Waals surface area contributed by atoms with E-state index in [1.165, 1.54) is 43.0 Å². The van der Waals surface area contributed by atoms with E-state index in [0.29, 0.717) is 0 Å². The van der Waals surface area contributed by atoms with Gasteiger partial charge >= 0.3 is 0 Å². The van der Waals surface area contributed by atoms with Gasteiger partial charge in [-0.3, -0.25) is 0 Å². The lowest BCUT2D eigenvalue weighted by Gasteiger charge is -2.46. The van der Waals surface area contributed by atoms with Crippen LogP contribution in [-0.2, 0) is 5.41 Å². The second-order valence-electron chi connectivity index (χ2n) is 15.2. The lowest BCUT2D eigenvalue weighted by atomic mass is 9.62. The predicted octanol–water partition coefficient (Wildman–Crippen LogP) is 11.1. The Bertz CT molecular complexity index is 2870. The van der Waals surface area contributed by atoms with Crippen molar-refractivity contribution in [2.45, 2.75) is 5.41 Å². The van der Waals surface area contributed by atoms with Gasteiger partial charge in [0.05, 0.1) is 16.8 Å². The lowest BCUT2D eigenvalue weighted by molar-refractivity contribution is 0.669. The Balaban J connectivity index is 1.16. The van der Waals surface area contributed by atoms with Gasteiger partial charge in [-0.15, -0.1) is 0 Å². The van der Waals surface area contributed by atoms with Crippen LogP contribution < -0.4 is 25.6 Å². The molecule has 9 aromatic carbocycles. The van der Waals surface area contributed by atoms with Gasteiger partial charge in [-0.25, -0.2) is 0 Å². The van der Waals surface area contributed by atoms with Gasteiger partial charge < -0.3 is 9.32 Å². The van der Waals surface area contributed by atoms with E-state index in [4.69, 9.17) is 4.42 Å². The molecule has 58 heavy (non-hydrogen) atoms. The monoisotopic (exact) mass is 757 g/mol. The maximum Gasteiger partial charge on any atom is 0.179 e. The van der Waals surface area contributed by atoms with Crippen molar-refractivity contribution >= 4 is 67.8 Å². The molecule has 0 unspecified atom stereocenters. The third-order valence-corrected chi connectivity index (χ3v) is 17.1. The van der Waals surface area contributed by atoms with Crippen LogP contribution in [0.3, 0.4) is 0 Å². The molecule has 11 rings (SSSR count). The molecule has 1 aliphatic heterocycles. The van der Waals surface area contributed by atoms with Crippen LogP contribution in [0.2, 0.25) is 0 Å². The first-order valence-electron chi connectivity index (χ1n) is 20.0. The molecule has 1 aliphatic rings. The molecule has 2 heterocycles. The molecule has 3 heteroatoms. The first-order valence-corrected chi connectivity index (χ1v) is 22.0. The Kier molecular flexibility index (Phi) is 8.09. The van der Waals surface area contributed by atoms with E-state index in [1.54, 1.807) is 0 Å². The quantitative estimate of drug-likeness (QED) is 0.119. The first kappa shape index (κ1) is 34.1. The predicted molar refractivity (Wildman–Crippen MR) is 244 cm³/mol. The van der Waals surface area contributed by atoms with Crippen molar-refractivity contribution in [1.29, 1.82) is 0 Å². The average Bonchev–Trinajstić information content (AvgIpc) is 3.67. The zero-order valence-electron chi connectivity index (χ0n) is 31.9. The number of furan rings is 1. The fourth-order valence-electron chi connectivity index (χ4n) is 9.89. The topological polar surface area (TPSA) is 16.4 Å². The van der Waals surface area contributed by atoms with Crippen LogP contribution in [0.25, 0.3) is 21.9 Å². The fraction of sp³-hybridized carbons (Fsp3) is 0.0182. The van der Waals surface area contributed by atoms with E-state index < -0.39 is 13.5 Å². The number of hydrogen-bond donors (Lipinski definition) is 0. The second kappa shape index (κ2) is 13.8. The Morgan fingerprint density at radius 3 is 1.22 bits per heavy atom. The highest BCUT2D eigenvalue weighted by Gasteiger charge is 2.46. The van der Waals surface area contributed by atoms with Crippen molar-refractivity contribution < 1.29 is 4.42 Å². The smallest absolute Gasteiger partial charge is 0.179 e. The van der Waals surface area contributed by atoms with Crippen molar-refractivity contribution in [3.05, 3.63) is 259 Å². The number of hydrogen-bond acceptors (Lipinski definition) is 2. The van der Waals surface area contributed by atoms with E-state index in [9.17, 15) is 0 Å². The van der Waals surface area contributed by atoms with Crippen LogP contribution in [0.5, 0.6) is 0 Å². The molecule has 2 nitrogen and oxygen atoms in total. The third-order valence-electron chi connectivity index (χ3n) is 12.3. The number of rotatable bonds is 7. The molecule has 0 bridgehead atoms. The summed E-state index contributed by atoms with van der Waals surface area (Å²) in [5, 5.41) is 7.59. The third kappa shape index (κ3) is 5.04. The van der Waals surface area contributed by atoms with Crippen molar-refractivity contribution in [1.82, 2.24) is 0 Å². The van der Waals surface area contributed by atoms with Crippen LogP contribution >= 0.6 is 0 Å². The standard InChI is InChI=1S/C55H39NOSi/c1-6-20-40(21-7-1)55(41-22-8-2-9-23-41)49-30-16-18-32-51(49)56(52-33-19-17-31-50(52)55)42-34-36-53-47(38-42)48-39-46(35-37-54(48)57-53)58(43-24-10-3-11-25-43,44-26-12-4-13-27-44)45-28-14-5-15-29-45/h1-39H. The van der Waals surface area contributed by atoms with Crippen LogP contribution in [0.1, 0.15) is 22.3 Å². The van der Waals surface area contributed by atoms with Gasteiger partial charge in [-0.1, -0.05) is 200 Å². The molecule has 0 atom stereocenters. The van der Waals surface area contributed by atoms with Gasteiger partial charge in [0, 0.05) is 16.5 Å². The zero-order chi connectivity index (χ0) is 38.5. The Hall–Kier alpha value is -7.20. The van der Waals surface area contributed by atoms with Gasteiger partial charge in [0.25, 0.3) is 0 Å². The molecular formula is C55H39NOSi. The molecule has 0 saturated heterocycles. The van der Waals surface area contributed by atoms with E-state index in [1.807, 2.05) is 0 Å². The Morgan fingerprint density at radius 1 is 0.345 bits per heavy atom. The van der Waals surface area contributed by atoms with E-state index in [-0.39, 0.29) is 0 Å². The Labute approximate surface area is 339 Å². The lowest BCUT2D eigenvalue weighted by Crippen LogP contribution is -2.74. The summed E-state index contributed by atoms with van der Waals surface area (Å²) in [6, 6.07) is 86.9. The number of benzene rings is 9. The molecule has 0 N–H and O–H groups in total. The summed E-state index contributed by atoms with van der Waals surface area (Å²) in [6.07, 6.45) is 0. The number of para-hydroxylation sites is 2. The molecular weight excluding hydrogens is 719 g/mol. The van der Waals surface area contributed by atoms with Crippen LogP contribution in [-0.4, -0.2) is 8.07 Å². The highest BCUT2D eigenvalue weighted by atomic mass is 28.3. The summed E-state index contributed by atoms with van der Waals surface area (Å²) in [5.74, 6) is 0. The highest BCUT2D eigenvalue weighted by molar-refractivity contribution is 7.20. The molecule has 0 aliphatic carbocycles. The van der Waals surface area contributed by atoms with E-state index in [2.05, 4.69) is 241 Å². The highest BCUT2D eigenvalue weighted by Crippen LogP contribution is 2.57. The Morgan fingerprint density at radius 2 is 0.741 bits per heavy atom. The maximum absolute atomic E-state index is 6.66. The van der Waals surface area contributed by atoms with Crippen molar-refractivity contribution in [3.8, 4) is 0 Å². The molecule has 10 aromatic rings. The van der Waals surface area contributed by atoms with Gasteiger partial charge in [0.15, 0.2) is 8.07 Å². The minimum Gasteiger partial charge on any atom is -0.456 e. The number of anilines is 3. The SMILES string of the molecule is c1ccc(C2(c3ccccc3)c3ccccc3N(c3ccc4oc5ccc([Si](c6ccccc6)(c6ccccc6)c6ccccc6)cc5c4c3)c3ccccc32)cc1. The fourth-order valence-corrected chi connectivity index (χ4v) is 14.7. The van der Waals surface area contributed by atoms with Crippen LogP contribution in [0, 0.1) is 0 Å². The van der Waals surface area contributed by atoms with Gasteiger partial charge in [-0.2, -0.15) is 0 Å². The summed E-state index contributed by atoms with van der Waals surface area (Å²) >= 11 is 0. The number of fused-ring (bicyclic) bond motifs is 5. The molecule has 0 saturated carbocycles. The van der Waals surface area contributed by atoms with E-state index >= 15 is 0 Å². The summed E-state index contributed by atoms with van der Waals surface area (Å²) in [4.78, 5) is 2.45. The summed E-state index contributed by atoms with van der Waals surface area (Å²) in [7, 11) is -2.75. The zero-order valence-corrected chi connectivity index (χ0v) is 32.9. The second-order valence-corrected chi connectivity index (χ2v) is 19.0. The van der Waals surface area contributed by atoms with Gasteiger partial charge in [0.1, 0.15) is 11.2 Å². The summed E-state index contributed by atoms with van der Waals surface area (Å²) < 4.78 is 6.66. The van der Waals surface area contributed by atoms with Gasteiger partial charge in [-0.05, 0) is 79.4 Å². The minimum absolute atomic E-state index is 0.520. The molecule has 1 aromatic heterocycles. The van der Waals surface area contributed by atoms with Crippen molar-refractivity contribution in [2.24, 2.45) is 0 Å². The van der Waals surface area contributed by atoms with Crippen molar-refractivity contribution in [2.75, 3.05) is 4.90 Å². The maximum atomic E-state index is 6.66. The average molecular weight is 758 g/mol. The summed E-state index contributed by atoms with van der Waals surface area (Å²) in [5.41, 5.74) is 9.63.